The van der Waals surface area contributed by atoms with E-state index < -0.39 is 0 Å². The molecule has 2 saturated heterocycles. The van der Waals surface area contributed by atoms with Crippen LogP contribution in [0.1, 0.15) is 57.3 Å². The first-order valence-corrected chi connectivity index (χ1v) is 10.2. The van der Waals surface area contributed by atoms with Crippen molar-refractivity contribution in [1.82, 2.24) is 30.6 Å². The molecule has 0 bridgehead atoms. The maximum atomic E-state index is 12.9. The molecule has 3 N–H and O–H groups in total. The molecule has 148 valence electrons. The molecular weight excluding hydrogens is 344 g/mol. The van der Waals surface area contributed by atoms with Gasteiger partial charge in [-0.05, 0) is 25.7 Å². The van der Waals surface area contributed by atoms with Gasteiger partial charge in [0.2, 0.25) is 11.8 Å². The lowest BCUT2D eigenvalue weighted by molar-refractivity contribution is -0.144. The minimum Gasteiger partial charge on any atom is -0.348 e. The fourth-order valence-corrected chi connectivity index (χ4v) is 4.91. The Balaban J connectivity index is 1.51. The van der Waals surface area contributed by atoms with Crippen molar-refractivity contribution in [1.29, 1.82) is 0 Å². The van der Waals surface area contributed by atoms with Crippen molar-refractivity contribution in [2.45, 2.75) is 70.0 Å². The number of aromatic amines is 1. The molecule has 0 aliphatic carbocycles. The summed E-state index contributed by atoms with van der Waals surface area (Å²) in [5, 5.41) is 0. The predicted octanol–water partition coefficient (Wildman–Crippen LogP) is 0.667. The van der Waals surface area contributed by atoms with Crippen molar-refractivity contribution in [3.63, 3.8) is 0 Å². The van der Waals surface area contributed by atoms with Gasteiger partial charge in [-0.2, -0.15) is 0 Å². The molecule has 2 amide bonds. The standard InChI is InChI=1S/C19H30N6O2/c1-3-13-11-15(23-22-13)18(27)24-9-6-19(7-10-24)17-14(20-12-21-17)5-8-25(19)16(26)4-2/h12-13,15,22-23H,3-11H2,1-2H3,(H,20,21). The van der Waals surface area contributed by atoms with Crippen LogP contribution in [-0.4, -0.2) is 63.3 Å². The number of piperidine rings is 1. The molecule has 8 heteroatoms. The van der Waals surface area contributed by atoms with Crippen LogP contribution in [0.25, 0.3) is 0 Å². The molecule has 1 aromatic rings. The van der Waals surface area contributed by atoms with Gasteiger partial charge in [-0.15, -0.1) is 0 Å². The van der Waals surface area contributed by atoms with E-state index >= 15 is 0 Å². The van der Waals surface area contributed by atoms with Crippen LogP contribution in [0.3, 0.4) is 0 Å². The van der Waals surface area contributed by atoms with Crippen molar-refractivity contribution < 1.29 is 9.59 Å². The number of carbonyl (C=O) groups excluding carboxylic acids is 2. The second-order valence-electron chi connectivity index (χ2n) is 7.92. The van der Waals surface area contributed by atoms with Gasteiger partial charge in [-0.1, -0.05) is 13.8 Å². The number of nitrogens with zero attached hydrogens (tertiary/aromatic N) is 3. The number of likely N-dealkylation sites (tertiary alicyclic amines) is 1. The van der Waals surface area contributed by atoms with Crippen LogP contribution in [0.15, 0.2) is 6.33 Å². The van der Waals surface area contributed by atoms with Crippen LogP contribution < -0.4 is 10.9 Å². The molecule has 1 aromatic heterocycles. The summed E-state index contributed by atoms with van der Waals surface area (Å²) < 4.78 is 0. The number of fused-ring (bicyclic) bond motifs is 2. The van der Waals surface area contributed by atoms with Gasteiger partial charge in [0.25, 0.3) is 0 Å². The van der Waals surface area contributed by atoms with Crippen molar-refractivity contribution >= 4 is 11.8 Å². The van der Waals surface area contributed by atoms with E-state index in [-0.39, 0.29) is 23.4 Å². The molecule has 8 nitrogen and oxygen atoms in total. The molecule has 2 atom stereocenters. The molecule has 0 radical (unpaired) electrons. The molecule has 4 rings (SSSR count). The average Bonchev–Trinajstić information content (AvgIpc) is 3.37. The lowest BCUT2D eigenvalue weighted by Gasteiger charge is -2.50. The molecule has 0 saturated carbocycles. The van der Waals surface area contributed by atoms with E-state index in [4.69, 9.17) is 0 Å². The summed E-state index contributed by atoms with van der Waals surface area (Å²) in [5.74, 6) is 0.343. The fourth-order valence-electron chi connectivity index (χ4n) is 4.91. The first-order valence-electron chi connectivity index (χ1n) is 10.2. The zero-order valence-corrected chi connectivity index (χ0v) is 16.3. The minimum absolute atomic E-state index is 0.148. The van der Waals surface area contributed by atoms with Gasteiger partial charge < -0.3 is 14.8 Å². The summed E-state index contributed by atoms with van der Waals surface area (Å²) in [5.41, 5.74) is 8.14. The van der Waals surface area contributed by atoms with E-state index in [9.17, 15) is 9.59 Å². The quantitative estimate of drug-likeness (QED) is 0.723. The average molecular weight is 374 g/mol. The number of hydrazine groups is 1. The Labute approximate surface area is 160 Å². The number of nitrogens with one attached hydrogen (secondary N) is 3. The Morgan fingerprint density at radius 3 is 2.67 bits per heavy atom. The highest BCUT2D eigenvalue weighted by Crippen LogP contribution is 2.42. The van der Waals surface area contributed by atoms with Gasteiger partial charge in [0, 0.05) is 44.2 Å². The molecule has 27 heavy (non-hydrogen) atoms. The van der Waals surface area contributed by atoms with E-state index in [1.165, 1.54) is 0 Å². The summed E-state index contributed by atoms with van der Waals surface area (Å²) in [6, 6.07) is 0.211. The van der Waals surface area contributed by atoms with E-state index in [0.717, 1.165) is 50.0 Å². The van der Waals surface area contributed by atoms with Gasteiger partial charge in [-0.25, -0.2) is 10.4 Å². The fraction of sp³-hybridized carbons (Fsp3) is 0.737. The Morgan fingerprint density at radius 2 is 2.00 bits per heavy atom. The largest absolute Gasteiger partial charge is 0.348 e. The van der Waals surface area contributed by atoms with Gasteiger partial charge in [-0.3, -0.25) is 15.0 Å². The predicted molar refractivity (Wildman–Crippen MR) is 101 cm³/mol. The van der Waals surface area contributed by atoms with Crippen molar-refractivity contribution in [3.05, 3.63) is 17.7 Å². The van der Waals surface area contributed by atoms with Gasteiger partial charge in [0.15, 0.2) is 0 Å². The molecule has 4 heterocycles. The van der Waals surface area contributed by atoms with Crippen molar-refractivity contribution in [2.24, 2.45) is 0 Å². The molecule has 2 unspecified atom stereocenters. The van der Waals surface area contributed by atoms with Crippen LogP contribution in [0.4, 0.5) is 0 Å². The summed E-state index contributed by atoms with van der Waals surface area (Å²) in [4.78, 5) is 37.4. The highest BCUT2D eigenvalue weighted by Gasteiger charge is 2.49. The van der Waals surface area contributed by atoms with Crippen molar-refractivity contribution in [3.8, 4) is 0 Å². The zero-order valence-electron chi connectivity index (χ0n) is 16.3. The third kappa shape index (κ3) is 3.04. The number of H-pyrrole nitrogens is 1. The van der Waals surface area contributed by atoms with E-state index in [0.29, 0.717) is 25.6 Å². The highest BCUT2D eigenvalue weighted by molar-refractivity contribution is 5.82. The van der Waals surface area contributed by atoms with Gasteiger partial charge in [0.05, 0.1) is 17.6 Å². The number of imidazole rings is 1. The number of hydrogen-bond donors (Lipinski definition) is 3. The summed E-state index contributed by atoms with van der Waals surface area (Å²) in [6.07, 6.45) is 6.40. The van der Waals surface area contributed by atoms with E-state index in [1.807, 2.05) is 16.7 Å². The maximum absolute atomic E-state index is 12.9. The molecular formula is C19H30N6O2. The van der Waals surface area contributed by atoms with Gasteiger partial charge in [0.1, 0.15) is 6.04 Å². The van der Waals surface area contributed by atoms with E-state index in [2.05, 4.69) is 27.7 Å². The third-order valence-electron chi connectivity index (χ3n) is 6.54. The first kappa shape index (κ1) is 18.4. The Bertz CT molecular complexity index is 709. The summed E-state index contributed by atoms with van der Waals surface area (Å²) >= 11 is 0. The lowest BCUT2D eigenvalue weighted by Crippen LogP contribution is -2.60. The number of hydrogen-bond acceptors (Lipinski definition) is 5. The minimum atomic E-state index is -0.370. The first-order chi connectivity index (χ1) is 13.1. The number of carbonyl (C=O) groups is 2. The van der Waals surface area contributed by atoms with Crippen LogP contribution >= 0.6 is 0 Å². The molecule has 2 fully saturated rings. The third-order valence-corrected chi connectivity index (χ3v) is 6.54. The van der Waals surface area contributed by atoms with Crippen LogP contribution in [0.5, 0.6) is 0 Å². The summed E-state index contributed by atoms with van der Waals surface area (Å²) in [7, 11) is 0. The van der Waals surface area contributed by atoms with Crippen LogP contribution in [0, 0.1) is 0 Å². The Kier molecular flexibility index (Phi) is 4.94. The highest BCUT2D eigenvalue weighted by atomic mass is 16.2. The molecule has 3 aliphatic rings. The number of rotatable bonds is 3. The molecule has 3 aliphatic heterocycles. The zero-order chi connectivity index (χ0) is 19.0. The normalized spacial score (nSPS) is 27.0. The van der Waals surface area contributed by atoms with Crippen LogP contribution in [-0.2, 0) is 21.5 Å². The topological polar surface area (TPSA) is 93.4 Å². The number of aromatic nitrogens is 2. The van der Waals surface area contributed by atoms with E-state index in [1.54, 1.807) is 6.33 Å². The Morgan fingerprint density at radius 1 is 1.22 bits per heavy atom. The second kappa shape index (κ2) is 7.24. The van der Waals surface area contributed by atoms with Crippen LogP contribution in [0.2, 0.25) is 0 Å². The number of amides is 2. The maximum Gasteiger partial charge on any atom is 0.241 e. The van der Waals surface area contributed by atoms with Gasteiger partial charge >= 0.3 is 0 Å². The Hall–Kier alpha value is -1.93. The SMILES string of the molecule is CCC(=O)N1CCc2[nH]cnc2C12CCN(C(=O)C1CC(CC)NN1)CC2. The molecule has 0 aromatic carbocycles. The molecule has 1 spiro atoms. The monoisotopic (exact) mass is 374 g/mol. The smallest absolute Gasteiger partial charge is 0.241 e. The summed E-state index contributed by atoms with van der Waals surface area (Å²) in [6.45, 7) is 6.08. The lowest BCUT2D eigenvalue weighted by atomic mass is 9.78. The second-order valence-corrected chi connectivity index (χ2v) is 7.92. The van der Waals surface area contributed by atoms with Crippen molar-refractivity contribution in [2.75, 3.05) is 19.6 Å².